The van der Waals surface area contributed by atoms with Crippen LogP contribution in [0.4, 0.5) is 14.5 Å². The Morgan fingerprint density at radius 2 is 1.92 bits per heavy atom. The Morgan fingerprint density at radius 1 is 1.12 bits per heavy atom. The molecule has 0 saturated carbocycles. The number of anilines is 1. The highest BCUT2D eigenvalue weighted by atomic mass is 19.3. The van der Waals surface area contributed by atoms with Crippen LogP contribution < -0.4 is 4.90 Å². The summed E-state index contributed by atoms with van der Waals surface area (Å²) in [5.41, 5.74) is 1.80. The molecule has 0 aliphatic heterocycles. The Labute approximate surface area is 135 Å². The van der Waals surface area contributed by atoms with Gasteiger partial charge in [-0.25, -0.2) is 0 Å². The number of para-hydroxylation sites is 1. The number of alkyl halides is 2. The van der Waals surface area contributed by atoms with Gasteiger partial charge in [0.05, 0.1) is 17.8 Å². The van der Waals surface area contributed by atoms with E-state index in [0.29, 0.717) is 11.3 Å². The maximum Gasteiger partial charge on any atom is 0.314 e. The summed E-state index contributed by atoms with van der Waals surface area (Å²) < 4.78 is 29.8. The quantitative estimate of drug-likeness (QED) is 0.649. The number of carbonyl (C=O) groups is 1. The van der Waals surface area contributed by atoms with Gasteiger partial charge in [0.25, 0.3) is 5.89 Å². The molecule has 2 heterocycles. The predicted octanol–water partition coefficient (Wildman–Crippen LogP) is 3.23. The van der Waals surface area contributed by atoms with Gasteiger partial charge in [-0.05, 0) is 24.3 Å². The first-order valence-electron chi connectivity index (χ1n) is 7.01. The number of hydrogen-bond acceptors (Lipinski definition) is 5. The van der Waals surface area contributed by atoms with Crippen LogP contribution in [0.1, 0.15) is 18.0 Å². The maximum atomic E-state index is 12.5. The lowest BCUT2D eigenvalue weighted by atomic mass is 10.2. The van der Waals surface area contributed by atoms with Crippen molar-refractivity contribution in [2.75, 3.05) is 4.90 Å². The third kappa shape index (κ3) is 3.43. The van der Waals surface area contributed by atoms with Crippen LogP contribution in [0.2, 0.25) is 0 Å². The summed E-state index contributed by atoms with van der Waals surface area (Å²) in [5, 5.41) is 6.83. The number of carbonyl (C=O) groups excluding carboxylic acids is 1. The SMILES string of the molecule is O=CN(Cc1ccc(-c2nnc(C(F)F)o2)cn1)c1ccccc1. The molecule has 0 spiro atoms. The van der Waals surface area contributed by atoms with E-state index >= 15 is 0 Å². The number of amides is 1. The third-order valence-corrected chi connectivity index (χ3v) is 3.25. The molecule has 0 atom stereocenters. The summed E-state index contributed by atoms with van der Waals surface area (Å²) in [5.74, 6) is -0.759. The standard InChI is InChI=1S/C16H12F2N4O2/c17-14(18)16-21-20-15(24-16)11-6-7-12(19-8-11)9-22(10-23)13-4-2-1-3-5-13/h1-8,10,14H,9H2. The van der Waals surface area contributed by atoms with Crippen molar-refractivity contribution in [3.05, 3.63) is 60.2 Å². The lowest BCUT2D eigenvalue weighted by molar-refractivity contribution is -0.107. The molecule has 0 bridgehead atoms. The van der Waals surface area contributed by atoms with Gasteiger partial charge < -0.3 is 9.32 Å². The van der Waals surface area contributed by atoms with E-state index in [1.54, 1.807) is 12.1 Å². The van der Waals surface area contributed by atoms with Crippen LogP contribution in [-0.2, 0) is 11.3 Å². The average molecular weight is 330 g/mol. The van der Waals surface area contributed by atoms with E-state index in [2.05, 4.69) is 15.2 Å². The molecular weight excluding hydrogens is 318 g/mol. The monoisotopic (exact) mass is 330 g/mol. The van der Waals surface area contributed by atoms with E-state index in [-0.39, 0.29) is 12.4 Å². The highest BCUT2D eigenvalue weighted by molar-refractivity contribution is 5.74. The molecule has 0 radical (unpaired) electrons. The van der Waals surface area contributed by atoms with E-state index in [1.807, 2.05) is 30.3 Å². The van der Waals surface area contributed by atoms with Crippen LogP contribution in [0.15, 0.2) is 53.1 Å². The molecule has 0 unspecified atom stereocenters. The molecule has 2 aromatic heterocycles. The highest BCUT2D eigenvalue weighted by Gasteiger charge is 2.17. The molecule has 1 aromatic carbocycles. The largest absolute Gasteiger partial charge is 0.415 e. The van der Waals surface area contributed by atoms with Gasteiger partial charge in [-0.1, -0.05) is 18.2 Å². The molecule has 1 amide bonds. The Bertz CT molecular complexity index is 806. The minimum atomic E-state index is -2.81. The lowest BCUT2D eigenvalue weighted by Gasteiger charge is -2.16. The molecule has 6 nitrogen and oxygen atoms in total. The topological polar surface area (TPSA) is 72.1 Å². The van der Waals surface area contributed by atoms with Crippen molar-refractivity contribution >= 4 is 12.1 Å². The zero-order valence-corrected chi connectivity index (χ0v) is 12.3. The molecule has 0 N–H and O–H groups in total. The van der Waals surface area contributed by atoms with Gasteiger partial charge >= 0.3 is 6.43 Å². The van der Waals surface area contributed by atoms with Gasteiger partial charge in [0.1, 0.15) is 0 Å². The predicted molar refractivity (Wildman–Crippen MR) is 81.2 cm³/mol. The number of hydrogen-bond donors (Lipinski definition) is 0. The lowest BCUT2D eigenvalue weighted by Crippen LogP contribution is -2.20. The van der Waals surface area contributed by atoms with Crippen molar-refractivity contribution in [3.63, 3.8) is 0 Å². The molecule has 0 aliphatic carbocycles. The van der Waals surface area contributed by atoms with E-state index in [4.69, 9.17) is 4.42 Å². The van der Waals surface area contributed by atoms with E-state index in [9.17, 15) is 13.6 Å². The first-order valence-corrected chi connectivity index (χ1v) is 7.01. The number of pyridine rings is 1. The van der Waals surface area contributed by atoms with Gasteiger partial charge in [-0.2, -0.15) is 8.78 Å². The molecule has 8 heteroatoms. The van der Waals surface area contributed by atoms with E-state index in [1.165, 1.54) is 11.1 Å². The summed E-state index contributed by atoms with van der Waals surface area (Å²) in [7, 11) is 0. The smallest absolute Gasteiger partial charge is 0.314 e. The number of nitrogens with zero attached hydrogens (tertiary/aromatic N) is 4. The Kier molecular flexibility index (Phi) is 4.55. The minimum absolute atomic E-state index is 0.0281. The molecule has 0 aliphatic rings. The van der Waals surface area contributed by atoms with Crippen molar-refractivity contribution in [2.45, 2.75) is 13.0 Å². The van der Waals surface area contributed by atoms with Crippen molar-refractivity contribution in [2.24, 2.45) is 0 Å². The first-order chi connectivity index (χ1) is 11.7. The van der Waals surface area contributed by atoms with Crippen LogP contribution in [0.25, 0.3) is 11.5 Å². The van der Waals surface area contributed by atoms with Crippen molar-refractivity contribution in [3.8, 4) is 11.5 Å². The Morgan fingerprint density at radius 3 is 2.50 bits per heavy atom. The van der Waals surface area contributed by atoms with Crippen LogP contribution in [-0.4, -0.2) is 21.6 Å². The number of halogens is 2. The Hall–Kier alpha value is -3.16. The molecule has 0 fully saturated rings. The summed E-state index contributed by atoms with van der Waals surface area (Å²) in [6.45, 7) is 0.278. The Balaban J connectivity index is 1.75. The van der Waals surface area contributed by atoms with Crippen molar-refractivity contribution < 1.29 is 18.0 Å². The van der Waals surface area contributed by atoms with Gasteiger partial charge in [0, 0.05) is 11.9 Å². The van der Waals surface area contributed by atoms with Gasteiger partial charge in [-0.3, -0.25) is 9.78 Å². The number of rotatable bonds is 6. The first kappa shape index (κ1) is 15.7. The summed E-state index contributed by atoms with van der Waals surface area (Å²) in [6.07, 6.45) is -0.658. The van der Waals surface area contributed by atoms with Crippen LogP contribution in [0.5, 0.6) is 0 Å². The molecule has 3 aromatic rings. The van der Waals surface area contributed by atoms with E-state index in [0.717, 1.165) is 12.1 Å². The summed E-state index contributed by atoms with van der Waals surface area (Å²) >= 11 is 0. The summed E-state index contributed by atoms with van der Waals surface area (Å²) in [6, 6.07) is 12.4. The second-order valence-electron chi connectivity index (χ2n) is 4.85. The fourth-order valence-corrected chi connectivity index (χ4v) is 2.07. The van der Waals surface area contributed by atoms with Gasteiger partial charge in [0.15, 0.2) is 0 Å². The van der Waals surface area contributed by atoms with Crippen LogP contribution in [0, 0.1) is 0 Å². The molecule has 0 saturated heterocycles. The summed E-state index contributed by atoms with van der Waals surface area (Å²) in [4.78, 5) is 17.0. The molecule has 3 rings (SSSR count). The molecule has 24 heavy (non-hydrogen) atoms. The third-order valence-electron chi connectivity index (χ3n) is 3.25. The second-order valence-corrected chi connectivity index (χ2v) is 4.85. The molecule has 122 valence electrons. The zero-order chi connectivity index (χ0) is 16.9. The second kappa shape index (κ2) is 6.95. The van der Waals surface area contributed by atoms with Gasteiger partial charge in [0.2, 0.25) is 12.3 Å². The zero-order valence-electron chi connectivity index (χ0n) is 12.3. The minimum Gasteiger partial charge on any atom is -0.415 e. The van der Waals surface area contributed by atoms with E-state index < -0.39 is 12.3 Å². The number of aromatic nitrogens is 3. The van der Waals surface area contributed by atoms with Crippen LogP contribution in [0.3, 0.4) is 0 Å². The maximum absolute atomic E-state index is 12.5. The fourth-order valence-electron chi connectivity index (χ4n) is 2.07. The molecular formula is C16H12F2N4O2. The van der Waals surface area contributed by atoms with Crippen molar-refractivity contribution in [1.29, 1.82) is 0 Å². The van der Waals surface area contributed by atoms with Crippen LogP contribution >= 0.6 is 0 Å². The number of benzene rings is 1. The van der Waals surface area contributed by atoms with Crippen molar-refractivity contribution in [1.82, 2.24) is 15.2 Å². The highest BCUT2D eigenvalue weighted by Crippen LogP contribution is 2.23. The average Bonchev–Trinajstić information content (AvgIpc) is 3.11. The van der Waals surface area contributed by atoms with Gasteiger partial charge in [-0.15, -0.1) is 10.2 Å². The fraction of sp³-hybridized carbons (Fsp3) is 0.125. The normalized spacial score (nSPS) is 10.8.